The number of aliphatic carboxylic acids is 1. The van der Waals surface area contributed by atoms with Crippen molar-refractivity contribution in [2.24, 2.45) is 5.41 Å². The first-order chi connectivity index (χ1) is 9.08. The van der Waals surface area contributed by atoms with Gasteiger partial charge in [-0.1, -0.05) is 23.5 Å². The molecule has 1 saturated heterocycles. The van der Waals surface area contributed by atoms with Gasteiger partial charge in [0, 0.05) is 13.1 Å². The third-order valence-corrected chi connectivity index (χ3v) is 5.03. The molecule has 4 nitrogen and oxygen atoms in total. The van der Waals surface area contributed by atoms with Crippen LogP contribution >= 0.6 is 11.3 Å². The highest BCUT2D eigenvalue weighted by Crippen LogP contribution is 2.36. The number of rotatable bonds is 2. The van der Waals surface area contributed by atoms with Gasteiger partial charge in [-0.15, -0.1) is 0 Å². The van der Waals surface area contributed by atoms with Crippen molar-refractivity contribution in [2.45, 2.75) is 19.8 Å². The number of benzene rings is 1. The molecule has 19 heavy (non-hydrogen) atoms. The summed E-state index contributed by atoms with van der Waals surface area (Å²) in [6.45, 7) is 3.37. The number of hydrogen-bond acceptors (Lipinski definition) is 4. The highest BCUT2D eigenvalue weighted by Gasteiger charge is 2.37. The number of thiazole rings is 1. The molecule has 1 aliphatic heterocycles. The largest absolute Gasteiger partial charge is 0.481 e. The third kappa shape index (κ3) is 2.18. The minimum absolute atomic E-state index is 0.576. The number of carboxylic acid groups (broad SMARTS) is 1. The van der Waals surface area contributed by atoms with Crippen LogP contribution < -0.4 is 4.90 Å². The molecule has 0 unspecified atom stereocenters. The second-order valence-electron chi connectivity index (χ2n) is 5.32. The van der Waals surface area contributed by atoms with E-state index in [-0.39, 0.29) is 0 Å². The van der Waals surface area contributed by atoms with Crippen LogP contribution in [0.3, 0.4) is 0 Å². The summed E-state index contributed by atoms with van der Waals surface area (Å²) in [5, 5.41) is 10.2. The molecule has 0 spiro atoms. The second-order valence-corrected chi connectivity index (χ2v) is 6.33. The smallest absolute Gasteiger partial charge is 0.309 e. The zero-order chi connectivity index (χ0) is 13.5. The molecule has 1 fully saturated rings. The van der Waals surface area contributed by atoms with E-state index in [1.807, 2.05) is 25.1 Å². The number of aromatic nitrogens is 1. The Morgan fingerprint density at radius 1 is 1.37 bits per heavy atom. The quantitative estimate of drug-likeness (QED) is 0.916. The van der Waals surface area contributed by atoms with E-state index < -0.39 is 11.4 Å². The van der Waals surface area contributed by atoms with Gasteiger partial charge in [0.25, 0.3) is 0 Å². The van der Waals surface area contributed by atoms with Crippen LogP contribution in [-0.4, -0.2) is 29.1 Å². The number of anilines is 1. The maximum atomic E-state index is 11.2. The van der Waals surface area contributed by atoms with Crippen molar-refractivity contribution in [3.63, 3.8) is 0 Å². The van der Waals surface area contributed by atoms with E-state index in [1.54, 1.807) is 11.3 Å². The molecule has 1 aromatic carbocycles. The highest BCUT2D eigenvalue weighted by atomic mass is 32.1. The van der Waals surface area contributed by atoms with Crippen molar-refractivity contribution in [1.82, 2.24) is 4.98 Å². The summed E-state index contributed by atoms with van der Waals surface area (Å²) in [5.41, 5.74) is 0.446. The monoisotopic (exact) mass is 276 g/mol. The van der Waals surface area contributed by atoms with E-state index in [1.165, 1.54) is 4.70 Å². The Hall–Kier alpha value is -1.62. The van der Waals surface area contributed by atoms with Crippen molar-refractivity contribution in [1.29, 1.82) is 0 Å². The molecule has 1 aromatic heterocycles. The zero-order valence-corrected chi connectivity index (χ0v) is 11.6. The molecule has 0 aliphatic carbocycles. The molecule has 0 amide bonds. The van der Waals surface area contributed by atoms with Gasteiger partial charge < -0.3 is 10.0 Å². The maximum absolute atomic E-state index is 11.2. The molecular weight excluding hydrogens is 260 g/mol. The summed E-state index contributed by atoms with van der Waals surface area (Å²) >= 11 is 1.68. The number of fused-ring (bicyclic) bond motifs is 1. The third-order valence-electron chi connectivity index (χ3n) is 3.94. The molecule has 1 aliphatic rings. The average molecular weight is 276 g/mol. The summed E-state index contributed by atoms with van der Waals surface area (Å²) in [4.78, 5) is 18.1. The van der Waals surface area contributed by atoms with Crippen molar-refractivity contribution < 1.29 is 9.90 Å². The van der Waals surface area contributed by atoms with Crippen LogP contribution in [0.15, 0.2) is 24.3 Å². The van der Waals surface area contributed by atoms with Crippen LogP contribution in [-0.2, 0) is 4.79 Å². The number of nitrogens with zero attached hydrogens (tertiary/aromatic N) is 2. The Morgan fingerprint density at radius 3 is 2.68 bits per heavy atom. The first-order valence-corrected chi connectivity index (χ1v) is 7.24. The van der Waals surface area contributed by atoms with Gasteiger partial charge >= 0.3 is 5.97 Å². The van der Waals surface area contributed by atoms with Crippen LogP contribution in [0, 0.1) is 5.41 Å². The Labute approximate surface area is 115 Å². The Bertz CT molecular complexity index is 582. The van der Waals surface area contributed by atoms with Crippen LogP contribution in [0.5, 0.6) is 0 Å². The number of carbonyl (C=O) groups is 1. The van der Waals surface area contributed by atoms with Crippen molar-refractivity contribution in [3.8, 4) is 0 Å². The van der Waals surface area contributed by atoms with E-state index in [0.717, 1.165) is 23.7 Å². The lowest BCUT2D eigenvalue weighted by atomic mass is 9.81. The van der Waals surface area contributed by atoms with Gasteiger partial charge in [-0.25, -0.2) is 4.98 Å². The van der Waals surface area contributed by atoms with Gasteiger partial charge in [0.1, 0.15) is 0 Å². The summed E-state index contributed by atoms with van der Waals surface area (Å²) < 4.78 is 1.18. The van der Waals surface area contributed by atoms with Crippen molar-refractivity contribution in [2.75, 3.05) is 18.0 Å². The first-order valence-electron chi connectivity index (χ1n) is 6.42. The fraction of sp³-hybridized carbons (Fsp3) is 0.429. The standard InChI is InChI=1S/C14H16N2O2S/c1-14(12(17)18)6-8-16(9-7-14)13-15-10-4-2-3-5-11(10)19-13/h2-5H,6-9H2,1H3,(H,17,18). The number of hydrogen-bond donors (Lipinski definition) is 1. The van der Waals surface area contributed by atoms with E-state index in [0.29, 0.717) is 12.8 Å². The van der Waals surface area contributed by atoms with Crippen LogP contribution in [0.4, 0.5) is 5.13 Å². The van der Waals surface area contributed by atoms with Crippen LogP contribution in [0.25, 0.3) is 10.2 Å². The molecule has 1 N–H and O–H groups in total. The lowest BCUT2D eigenvalue weighted by molar-refractivity contribution is -0.149. The van der Waals surface area contributed by atoms with E-state index in [9.17, 15) is 9.90 Å². The summed E-state index contributed by atoms with van der Waals surface area (Å²) in [5.74, 6) is -0.684. The molecular formula is C14H16N2O2S. The molecule has 2 heterocycles. The Kier molecular flexibility index (Phi) is 2.93. The van der Waals surface area contributed by atoms with Crippen LogP contribution in [0.1, 0.15) is 19.8 Å². The number of para-hydroxylation sites is 1. The van der Waals surface area contributed by atoms with E-state index in [4.69, 9.17) is 0 Å². The van der Waals surface area contributed by atoms with Crippen molar-refractivity contribution in [3.05, 3.63) is 24.3 Å². The van der Waals surface area contributed by atoms with Gasteiger partial charge in [-0.05, 0) is 31.9 Å². The van der Waals surface area contributed by atoms with Gasteiger partial charge in [0.15, 0.2) is 5.13 Å². The molecule has 3 rings (SSSR count). The molecule has 100 valence electrons. The van der Waals surface area contributed by atoms with Crippen molar-refractivity contribution >= 4 is 32.7 Å². The lowest BCUT2D eigenvalue weighted by Gasteiger charge is -2.36. The molecule has 0 saturated carbocycles. The normalized spacial score (nSPS) is 18.7. The Morgan fingerprint density at radius 2 is 2.05 bits per heavy atom. The van der Waals surface area contributed by atoms with Gasteiger partial charge in [-0.3, -0.25) is 4.79 Å². The zero-order valence-electron chi connectivity index (χ0n) is 10.8. The summed E-state index contributed by atoms with van der Waals surface area (Å²) in [6.07, 6.45) is 1.36. The number of carboxylic acids is 1. The molecule has 2 aromatic rings. The van der Waals surface area contributed by atoms with Gasteiger partial charge in [-0.2, -0.15) is 0 Å². The lowest BCUT2D eigenvalue weighted by Crippen LogP contribution is -2.42. The van der Waals surface area contributed by atoms with Gasteiger partial charge in [0.05, 0.1) is 15.6 Å². The second kappa shape index (κ2) is 4.49. The van der Waals surface area contributed by atoms with Gasteiger partial charge in [0.2, 0.25) is 0 Å². The molecule has 0 atom stereocenters. The predicted octanol–water partition coefficient (Wildman–Crippen LogP) is 2.99. The minimum atomic E-state index is -0.684. The van der Waals surface area contributed by atoms with E-state index in [2.05, 4.69) is 16.0 Å². The first kappa shape index (κ1) is 12.4. The van der Waals surface area contributed by atoms with E-state index >= 15 is 0 Å². The summed E-state index contributed by atoms with van der Waals surface area (Å²) in [7, 11) is 0. The Balaban J connectivity index is 1.80. The fourth-order valence-corrected chi connectivity index (χ4v) is 3.42. The molecule has 0 radical (unpaired) electrons. The fourth-order valence-electron chi connectivity index (χ4n) is 2.40. The topological polar surface area (TPSA) is 53.4 Å². The van der Waals surface area contributed by atoms with Crippen LogP contribution in [0.2, 0.25) is 0 Å². The minimum Gasteiger partial charge on any atom is -0.481 e. The highest BCUT2D eigenvalue weighted by molar-refractivity contribution is 7.22. The maximum Gasteiger partial charge on any atom is 0.309 e. The average Bonchev–Trinajstić information content (AvgIpc) is 2.83. The number of piperidine rings is 1. The molecule has 5 heteroatoms. The predicted molar refractivity (Wildman–Crippen MR) is 76.8 cm³/mol. The molecule has 0 bridgehead atoms. The summed E-state index contributed by atoms with van der Waals surface area (Å²) in [6, 6.07) is 8.09. The SMILES string of the molecule is CC1(C(=O)O)CCN(c2nc3ccccc3s2)CC1.